The fourth-order valence-corrected chi connectivity index (χ4v) is 2.27. The Morgan fingerprint density at radius 2 is 2.05 bits per heavy atom. The summed E-state index contributed by atoms with van der Waals surface area (Å²) in [6, 6.07) is 0. The number of piperidine rings is 1. The van der Waals surface area contributed by atoms with Crippen molar-refractivity contribution in [3.05, 3.63) is 5.70 Å². The van der Waals surface area contributed by atoms with E-state index in [2.05, 4.69) is 12.2 Å². The van der Waals surface area contributed by atoms with Gasteiger partial charge in [-0.15, -0.1) is 0 Å². The third-order valence-corrected chi connectivity index (χ3v) is 3.48. The van der Waals surface area contributed by atoms with Gasteiger partial charge < -0.3 is 10.1 Å². The molecule has 0 aliphatic carbocycles. The van der Waals surface area contributed by atoms with Gasteiger partial charge in [-0.1, -0.05) is 39.0 Å². The highest BCUT2D eigenvalue weighted by atomic mass is 16.5. The monoisotopic (exact) mass is 267 g/mol. The Kier molecular flexibility index (Phi) is 7.99. The standard InChI is InChI=1S/C15H25NO3/c1-2-3-4-5-6-7-10-19-15(18)13-8-9-16-14(11-13)12-17/h13,16H,2-11H2,1H3. The third kappa shape index (κ3) is 6.44. The number of nitrogens with one attached hydrogen (secondary N) is 1. The van der Waals surface area contributed by atoms with Gasteiger partial charge >= 0.3 is 5.97 Å². The molecule has 1 aliphatic heterocycles. The molecule has 0 aromatic carbocycles. The van der Waals surface area contributed by atoms with Crippen LogP contribution >= 0.6 is 0 Å². The molecule has 0 aromatic heterocycles. The average Bonchev–Trinajstić information content (AvgIpc) is 2.46. The molecule has 4 nitrogen and oxygen atoms in total. The molecule has 1 N–H and O–H groups in total. The quantitative estimate of drug-likeness (QED) is 0.417. The molecule has 0 radical (unpaired) electrons. The van der Waals surface area contributed by atoms with Gasteiger partial charge in [-0.2, -0.15) is 0 Å². The molecule has 0 bridgehead atoms. The van der Waals surface area contributed by atoms with Crippen molar-refractivity contribution < 1.29 is 14.3 Å². The molecule has 1 rings (SSSR count). The molecule has 1 heterocycles. The number of esters is 1. The lowest BCUT2D eigenvalue weighted by molar-refractivity contribution is -0.149. The van der Waals surface area contributed by atoms with Crippen molar-refractivity contribution >= 4 is 11.9 Å². The summed E-state index contributed by atoms with van der Waals surface area (Å²) in [5, 5.41) is 2.93. The number of carbonyl (C=O) groups is 1. The molecule has 0 spiro atoms. The lowest BCUT2D eigenvalue weighted by Crippen LogP contribution is -2.31. The fourth-order valence-electron chi connectivity index (χ4n) is 2.27. The molecular weight excluding hydrogens is 242 g/mol. The zero-order valence-corrected chi connectivity index (χ0v) is 11.9. The summed E-state index contributed by atoms with van der Waals surface area (Å²) in [7, 11) is 0. The molecule has 19 heavy (non-hydrogen) atoms. The molecule has 1 atom stereocenters. The minimum atomic E-state index is -0.169. The van der Waals surface area contributed by atoms with Gasteiger partial charge in [0.15, 0.2) is 0 Å². The van der Waals surface area contributed by atoms with Gasteiger partial charge in [0.25, 0.3) is 0 Å². The number of hydrogen-bond acceptors (Lipinski definition) is 4. The molecule has 108 valence electrons. The molecule has 1 aliphatic rings. The Bertz CT molecular complexity index is 321. The van der Waals surface area contributed by atoms with Crippen LogP contribution in [0.4, 0.5) is 0 Å². The Morgan fingerprint density at radius 1 is 1.32 bits per heavy atom. The predicted molar refractivity (Wildman–Crippen MR) is 74.3 cm³/mol. The number of carbonyl (C=O) groups excluding carboxylic acids is 2. The molecule has 0 amide bonds. The van der Waals surface area contributed by atoms with E-state index < -0.39 is 0 Å². The van der Waals surface area contributed by atoms with Crippen LogP contribution in [0.15, 0.2) is 5.70 Å². The number of hydrogen-bond donors (Lipinski definition) is 1. The molecule has 4 heteroatoms. The first-order valence-electron chi connectivity index (χ1n) is 7.42. The van der Waals surface area contributed by atoms with E-state index in [1.807, 2.05) is 5.94 Å². The predicted octanol–water partition coefficient (Wildman–Crippen LogP) is 2.61. The first kappa shape index (κ1) is 15.8. The fraction of sp³-hybridized carbons (Fsp3) is 0.800. The van der Waals surface area contributed by atoms with Crippen molar-refractivity contribution in [3.8, 4) is 0 Å². The normalized spacial score (nSPS) is 18.6. The van der Waals surface area contributed by atoms with E-state index in [4.69, 9.17) is 4.74 Å². The summed E-state index contributed by atoms with van der Waals surface area (Å²) in [6.45, 7) is 3.36. The van der Waals surface area contributed by atoms with Gasteiger partial charge in [0.05, 0.1) is 18.2 Å². The molecule has 0 aromatic rings. The van der Waals surface area contributed by atoms with Crippen LogP contribution in [-0.2, 0) is 14.3 Å². The zero-order chi connectivity index (χ0) is 13.9. The highest BCUT2D eigenvalue weighted by Gasteiger charge is 2.25. The Hall–Kier alpha value is -1.28. The van der Waals surface area contributed by atoms with Crippen molar-refractivity contribution in [2.24, 2.45) is 5.92 Å². The summed E-state index contributed by atoms with van der Waals surface area (Å²) in [5.41, 5.74) is 0.493. The molecule has 1 saturated heterocycles. The maximum atomic E-state index is 11.8. The van der Waals surface area contributed by atoms with Gasteiger partial charge in [0.2, 0.25) is 0 Å². The highest BCUT2D eigenvalue weighted by Crippen LogP contribution is 2.18. The second-order valence-corrected chi connectivity index (χ2v) is 5.13. The van der Waals surface area contributed by atoms with E-state index in [-0.39, 0.29) is 11.9 Å². The van der Waals surface area contributed by atoms with Crippen molar-refractivity contribution in [2.75, 3.05) is 13.2 Å². The largest absolute Gasteiger partial charge is 0.465 e. The summed E-state index contributed by atoms with van der Waals surface area (Å²) >= 11 is 0. The van der Waals surface area contributed by atoms with Crippen LogP contribution in [0, 0.1) is 5.92 Å². The van der Waals surface area contributed by atoms with Crippen LogP contribution in [-0.4, -0.2) is 25.1 Å². The number of ether oxygens (including phenoxy) is 1. The van der Waals surface area contributed by atoms with Crippen molar-refractivity contribution in [3.63, 3.8) is 0 Å². The smallest absolute Gasteiger partial charge is 0.309 e. The van der Waals surface area contributed by atoms with E-state index in [0.29, 0.717) is 25.3 Å². The van der Waals surface area contributed by atoms with Gasteiger partial charge in [0.1, 0.15) is 5.94 Å². The minimum absolute atomic E-state index is 0.164. The van der Waals surface area contributed by atoms with Gasteiger partial charge in [0, 0.05) is 13.0 Å². The topological polar surface area (TPSA) is 55.4 Å². The zero-order valence-electron chi connectivity index (χ0n) is 11.9. The SMILES string of the molecule is CCCCCCCCOC(=O)C1CCNC(=C=O)C1. The Labute approximate surface area is 115 Å². The summed E-state index contributed by atoms with van der Waals surface area (Å²) in [5.74, 6) is 1.50. The van der Waals surface area contributed by atoms with E-state index in [9.17, 15) is 9.59 Å². The molecular formula is C15H25NO3. The number of unbranched alkanes of at least 4 members (excludes halogenated alkanes) is 5. The maximum absolute atomic E-state index is 11.8. The first-order chi connectivity index (χ1) is 9.27. The van der Waals surface area contributed by atoms with Crippen molar-refractivity contribution in [1.29, 1.82) is 0 Å². The van der Waals surface area contributed by atoms with Crippen LogP contribution in [0.25, 0.3) is 0 Å². The molecule has 0 saturated carbocycles. The minimum Gasteiger partial charge on any atom is -0.465 e. The van der Waals surface area contributed by atoms with Crippen molar-refractivity contribution in [1.82, 2.24) is 5.32 Å². The first-order valence-corrected chi connectivity index (χ1v) is 7.42. The van der Waals surface area contributed by atoms with Crippen LogP contribution in [0.2, 0.25) is 0 Å². The Morgan fingerprint density at radius 3 is 2.79 bits per heavy atom. The lowest BCUT2D eigenvalue weighted by Gasteiger charge is -2.22. The van der Waals surface area contributed by atoms with E-state index in [1.165, 1.54) is 25.7 Å². The number of allylic oxidation sites excluding steroid dienone is 1. The summed E-state index contributed by atoms with van der Waals surface area (Å²) < 4.78 is 5.27. The number of rotatable bonds is 8. The third-order valence-electron chi connectivity index (χ3n) is 3.48. The van der Waals surface area contributed by atoms with E-state index >= 15 is 0 Å². The van der Waals surface area contributed by atoms with Crippen molar-refractivity contribution in [2.45, 2.75) is 58.3 Å². The van der Waals surface area contributed by atoms with Crippen LogP contribution in [0.1, 0.15) is 58.3 Å². The van der Waals surface area contributed by atoms with Gasteiger partial charge in [-0.05, 0) is 12.8 Å². The van der Waals surface area contributed by atoms with Gasteiger partial charge in [-0.25, -0.2) is 4.79 Å². The molecule has 1 fully saturated rings. The molecule has 1 unspecified atom stereocenters. The van der Waals surface area contributed by atoms with Crippen LogP contribution in [0.5, 0.6) is 0 Å². The van der Waals surface area contributed by atoms with Crippen LogP contribution < -0.4 is 5.32 Å². The second kappa shape index (κ2) is 9.62. The summed E-state index contributed by atoms with van der Waals surface area (Å²) in [6.07, 6.45) is 8.27. The second-order valence-electron chi connectivity index (χ2n) is 5.13. The highest BCUT2D eigenvalue weighted by molar-refractivity contribution is 5.73. The van der Waals surface area contributed by atoms with E-state index in [0.717, 1.165) is 19.3 Å². The average molecular weight is 267 g/mol. The van der Waals surface area contributed by atoms with Gasteiger partial charge in [-0.3, -0.25) is 4.79 Å². The Balaban J connectivity index is 2.09. The lowest BCUT2D eigenvalue weighted by atomic mass is 9.96. The van der Waals surface area contributed by atoms with E-state index in [1.54, 1.807) is 0 Å². The van der Waals surface area contributed by atoms with Crippen LogP contribution in [0.3, 0.4) is 0 Å². The maximum Gasteiger partial charge on any atom is 0.309 e. The summed E-state index contributed by atoms with van der Waals surface area (Å²) in [4.78, 5) is 22.3.